The van der Waals surface area contributed by atoms with Gasteiger partial charge in [0.05, 0.1) is 11.4 Å². The van der Waals surface area contributed by atoms with E-state index in [-0.39, 0.29) is 11.4 Å². The first-order valence-electron chi connectivity index (χ1n) is 4.25. The largest absolute Gasteiger partial charge is 0.461 e. The van der Waals surface area contributed by atoms with E-state index in [4.69, 9.17) is 11.5 Å². The summed E-state index contributed by atoms with van der Waals surface area (Å²) < 4.78 is 52.7. The summed E-state index contributed by atoms with van der Waals surface area (Å²) in [6, 6.07) is 2.42. The van der Waals surface area contributed by atoms with E-state index in [0.717, 1.165) is 6.07 Å². The van der Waals surface area contributed by atoms with Gasteiger partial charge in [0.15, 0.2) is 5.75 Å². The van der Waals surface area contributed by atoms with Crippen molar-refractivity contribution in [2.24, 2.45) is 0 Å². The van der Waals surface area contributed by atoms with Crippen LogP contribution in [0.25, 0.3) is 0 Å². The highest BCUT2D eigenvalue weighted by atomic mass is 19.3. The molecule has 0 aromatic heterocycles. The third kappa shape index (κ3) is 2.29. The molecule has 0 atom stereocenters. The zero-order chi connectivity index (χ0) is 12.5. The Morgan fingerprint density at radius 1 is 1.19 bits per heavy atom. The quantitative estimate of drug-likeness (QED) is 0.627. The van der Waals surface area contributed by atoms with Gasteiger partial charge in [-0.3, -0.25) is 0 Å². The van der Waals surface area contributed by atoms with Crippen LogP contribution in [-0.4, -0.2) is 12.5 Å². The van der Waals surface area contributed by atoms with Crippen LogP contribution in [0.5, 0.6) is 5.75 Å². The fourth-order valence-corrected chi connectivity index (χ4v) is 1.01. The zero-order valence-electron chi connectivity index (χ0n) is 8.31. The number of rotatable bonds is 3. The molecular weight excluding hydrogens is 228 g/mol. The maximum atomic E-state index is 12.6. The molecule has 90 valence electrons. The predicted octanol–water partition coefficient (Wildman–Crippen LogP) is 2.40. The topological polar surface area (TPSA) is 61.3 Å². The van der Waals surface area contributed by atoms with E-state index in [1.165, 1.54) is 6.07 Å². The molecule has 0 radical (unpaired) electrons. The summed E-state index contributed by atoms with van der Waals surface area (Å²) >= 11 is 0. The number of aryl methyl sites for hydroxylation is 1. The SMILES string of the molecule is Cc1ccc(OC(F)(F)C(F)F)c(N)c1N. The van der Waals surface area contributed by atoms with Crippen molar-refractivity contribution in [2.75, 3.05) is 11.5 Å². The van der Waals surface area contributed by atoms with Crippen LogP contribution in [-0.2, 0) is 0 Å². The van der Waals surface area contributed by atoms with Crippen molar-refractivity contribution in [3.63, 3.8) is 0 Å². The summed E-state index contributed by atoms with van der Waals surface area (Å²) in [5.74, 6) is -0.562. The molecule has 0 aliphatic carbocycles. The van der Waals surface area contributed by atoms with Gasteiger partial charge in [-0.05, 0) is 18.6 Å². The minimum atomic E-state index is -4.59. The molecule has 1 aromatic rings. The monoisotopic (exact) mass is 238 g/mol. The van der Waals surface area contributed by atoms with Gasteiger partial charge in [-0.2, -0.15) is 17.6 Å². The first-order valence-corrected chi connectivity index (χ1v) is 4.25. The molecule has 0 bridgehead atoms. The molecule has 0 saturated carbocycles. The second-order valence-corrected chi connectivity index (χ2v) is 3.17. The highest BCUT2D eigenvalue weighted by molar-refractivity contribution is 5.73. The second kappa shape index (κ2) is 4.07. The van der Waals surface area contributed by atoms with Gasteiger partial charge < -0.3 is 16.2 Å². The molecule has 0 unspecified atom stereocenters. The first-order chi connectivity index (χ1) is 7.25. The van der Waals surface area contributed by atoms with Gasteiger partial charge in [0, 0.05) is 0 Å². The molecule has 1 aromatic carbocycles. The van der Waals surface area contributed by atoms with Crippen LogP contribution in [0.4, 0.5) is 28.9 Å². The summed E-state index contributed by atoms with van der Waals surface area (Å²) in [6.07, 6.45) is -8.52. The van der Waals surface area contributed by atoms with E-state index in [1.807, 2.05) is 0 Å². The number of alkyl halides is 4. The minimum Gasteiger partial charge on any atom is -0.426 e. The van der Waals surface area contributed by atoms with Crippen molar-refractivity contribution in [1.29, 1.82) is 0 Å². The Morgan fingerprint density at radius 2 is 1.75 bits per heavy atom. The minimum absolute atomic E-state index is 0.0302. The summed E-state index contributed by atoms with van der Waals surface area (Å²) in [4.78, 5) is 0. The molecular formula is C9H10F4N2O. The maximum Gasteiger partial charge on any atom is 0.461 e. The molecule has 0 aliphatic rings. The van der Waals surface area contributed by atoms with Crippen molar-refractivity contribution in [3.8, 4) is 5.75 Å². The number of hydrogen-bond acceptors (Lipinski definition) is 3. The molecule has 4 N–H and O–H groups in total. The Labute approximate surface area is 89.0 Å². The Kier molecular flexibility index (Phi) is 3.16. The standard InChI is InChI=1S/C9H10F4N2O/c1-4-2-3-5(7(15)6(4)14)16-9(12,13)8(10)11/h2-3,8H,14-15H2,1H3. The third-order valence-corrected chi connectivity index (χ3v) is 1.97. The first kappa shape index (κ1) is 12.4. The van der Waals surface area contributed by atoms with Crippen LogP contribution in [0.3, 0.4) is 0 Å². The van der Waals surface area contributed by atoms with Crippen LogP contribution < -0.4 is 16.2 Å². The van der Waals surface area contributed by atoms with Gasteiger partial charge in [0.1, 0.15) is 0 Å². The average Bonchev–Trinajstić information content (AvgIpc) is 2.19. The highest BCUT2D eigenvalue weighted by Crippen LogP contribution is 2.35. The molecule has 0 heterocycles. The number of nitrogen functional groups attached to an aromatic ring is 2. The zero-order valence-corrected chi connectivity index (χ0v) is 8.31. The van der Waals surface area contributed by atoms with Crippen LogP contribution in [0.15, 0.2) is 12.1 Å². The fraction of sp³-hybridized carbons (Fsp3) is 0.333. The van der Waals surface area contributed by atoms with E-state index in [2.05, 4.69) is 4.74 Å². The lowest BCUT2D eigenvalue weighted by molar-refractivity contribution is -0.252. The number of ether oxygens (including phenoxy) is 1. The van der Waals surface area contributed by atoms with Crippen LogP contribution in [0.1, 0.15) is 5.56 Å². The van der Waals surface area contributed by atoms with Crippen LogP contribution in [0, 0.1) is 6.92 Å². The number of hydrogen-bond donors (Lipinski definition) is 2. The van der Waals surface area contributed by atoms with Crippen LogP contribution >= 0.6 is 0 Å². The van der Waals surface area contributed by atoms with Crippen molar-refractivity contribution >= 4 is 11.4 Å². The Balaban J connectivity index is 3.04. The molecule has 16 heavy (non-hydrogen) atoms. The molecule has 0 spiro atoms. The van der Waals surface area contributed by atoms with Gasteiger partial charge >= 0.3 is 12.5 Å². The fourth-order valence-electron chi connectivity index (χ4n) is 1.01. The summed E-state index contributed by atoms with van der Waals surface area (Å²) in [5.41, 5.74) is 11.1. The molecule has 0 saturated heterocycles. The van der Waals surface area contributed by atoms with Crippen molar-refractivity contribution in [1.82, 2.24) is 0 Å². The predicted molar refractivity (Wildman–Crippen MR) is 51.6 cm³/mol. The van der Waals surface area contributed by atoms with Crippen LogP contribution in [0.2, 0.25) is 0 Å². The normalized spacial score (nSPS) is 11.9. The van der Waals surface area contributed by atoms with Gasteiger partial charge in [-0.1, -0.05) is 6.07 Å². The van der Waals surface area contributed by atoms with Crippen molar-refractivity contribution in [2.45, 2.75) is 19.5 Å². The Hall–Kier alpha value is -1.66. The van der Waals surface area contributed by atoms with E-state index in [0.29, 0.717) is 5.56 Å². The van der Waals surface area contributed by atoms with E-state index < -0.39 is 18.3 Å². The smallest absolute Gasteiger partial charge is 0.426 e. The van der Waals surface area contributed by atoms with Gasteiger partial charge in [0.2, 0.25) is 0 Å². The second-order valence-electron chi connectivity index (χ2n) is 3.17. The number of benzene rings is 1. The lowest BCUT2D eigenvalue weighted by Crippen LogP contribution is -2.33. The molecule has 0 fully saturated rings. The Morgan fingerprint density at radius 3 is 2.25 bits per heavy atom. The van der Waals surface area contributed by atoms with Gasteiger partial charge in [0.25, 0.3) is 0 Å². The number of anilines is 2. The lowest BCUT2D eigenvalue weighted by atomic mass is 10.1. The van der Waals surface area contributed by atoms with Crippen molar-refractivity contribution < 1.29 is 22.3 Å². The third-order valence-electron chi connectivity index (χ3n) is 1.97. The summed E-state index contributed by atoms with van der Waals surface area (Å²) in [6.45, 7) is 1.60. The van der Waals surface area contributed by atoms with E-state index in [9.17, 15) is 17.6 Å². The average molecular weight is 238 g/mol. The number of halogens is 4. The molecule has 3 nitrogen and oxygen atoms in total. The van der Waals surface area contributed by atoms with Crippen molar-refractivity contribution in [3.05, 3.63) is 17.7 Å². The Bertz CT molecular complexity index is 395. The molecule has 7 heteroatoms. The van der Waals surface area contributed by atoms with Gasteiger partial charge in [-0.25, -0.2) is 0 Å². The highest BCUT2D eigenvalue weighted by Gasteiger charge is 2.44. The summed E-state index contributed by atoms with van der Waals surface area (Å²) in [7, 11) is 0. The number of nitrogens with two attached hydrogens (primary N) is 2. The molecule has 0 aliphatic heterocycles. The lowest BCUT2D eigenvalue weighted by Gasteiger charge is -2.19. The van der Waals surface area contributed by atoms with E-state index >= 15 is 0 Å². The van der Waals surface area contributed by atoms with E-state index in [1.54, 1.807) is 6.92 Å². The molecule has 0 amide bonds. The summed E-state index contributed by atoms with van der Waals surface area (Å²) in [5, 5.41) is 0. The molecule has 1 rings (SSSR count). The van der Waals surface area contributed by atoms with Gasteiger partial charge in [-0.15, -0.1) is 0 Å². The maximum absolute atomic E-state index is 12.6.